The predicted molar refractivity (Wildman–Crippen MR) is 108 cm³/mol. The van der Waals surface area contributed by atoms with Crippen LogP contribution < -0.4 is 0 Å². The number of nitrogens with zero attached hydrogens (tertiary/aromatic N) is 1. The highest BCUT2D eigenvalue weighted by Crippen LogP contribution is 2.38. The Balaban J connectivity index is 1.69. The SMILES string of the molecule is CC(=O)C1=C(O)C(=O)N(CCc2c[nH]c3ccccc23)C1c1ccc(C)c(F)c1. The number of Topliss-reactive ketones (excluding diaryl/α,β-unsaturated/α-hetero) is 1. The molecule has 29 heavy (non-hydrogen) atoms. The molecule has 5 nitrogen and oxygen atoms in total. The van der Waals surface area contributed by atoms with Crippen molar-refractivity contribution < 1.29 is 19.1 Å². The number of aromatic nitrogens is 1. The fourth-order valence-corrected chi connectivity index (χ4v) is 3.95. The summed E-state index contributed by atoms with van der Waals surface area (Å²) in [5, 5.41) is 11.4. The number of aryl methyl sites for hydroxylation is 1. The fraction of sp³-hybridized carbons (Fsp3) is 0.217. The van der Waals surface area contributed by atoms with E-state index in [1.165, 1.54) is 17.9 Å². The first kappa shape index (κ1) is 18.9. The largest absolute Gasteiger partial charge is 0.503 e. The van der Waals surface area contributed by atoms with Crippen LogP contribution >= 0.6 is 0 Å². The van der Waals surface area contributed by atoms with E-state index < -0.39 is 29.3 Å². The van der Waals surface area contributed by atoms with Gasteiger partial charge in [0.25, 0.3) is 5.91 Å². The molecule has 1 atom stereocenters. The van der Waals surface area contributed by atoms with Gasteiger partial charge in [0, 0.05) is 23.6 Å². The van der Waals surface area contributed by atoms with Crippen molar-refractivity contribution in [2.45, 2.75) is 26.3 Å². The third-order valence-electron chi connectivity index (χ3n) is 5.49. The lowest BCUT2D eigenvalue weighted by atomic mass is 9.95. The minimum atomic E-state index is -0.805. The molecule has 1 aliphatic heterocycles. The average Bonchev–Trinajstić information content (AvgIpc) is 3.22. The maximum Gasteiger partial charge on any atom is 0.290 e. The highest BCUT2D eigenvalue weighted by molar-refractivity contribution is 6.08. The van der Waals surface area contributed by atoms with Crippen molar-refractivity contribution in [3.8, 4) is 0 Å². The molecule has 0 saturated carbocycles. The standard InChI is InChI=1S/C23H21FN2O3/c1-13-7-8-15(11-18(13)24)21-20(14(2)27)22(28)23(29)26(21)10-9-16-12-25-19-6-4-3-5-17(16)19/h3-8,11-12,21,25,28H,9-10H2,1-2H3. The van der Waals surface area contributed by atoms with E-state index in [1.807, 2.05) is 30.5 Å². The van der Waals surface area contributed by atoms with Gasteiger partial charge in [-0.1, -0.05) is 30.3 Å². The second kappa shape index (κ2) is 7.20. The third-order valence-corrected chi connectivity index (χ3v) is 5.49. The van der Waals surface area contributed by atoms with Crippen molar-refractivity contribution in [2.24, 2.45) is 0 Å². The molecule has 4 rings (SSSR count). The van der Waals surface area contributed by atoms with Gasteiger partial charge in [-0.2, -0.15) is 0 Å². The molecule has 1 unspecified atom stereocenters. The summed E-state index contributed by atoms with van der Waals surface area (Å²) in [5.41, 5.74) is 2.98. The van der Waals surface area contributed by atoms with Crippen LogP contribution in [0.3, 0.4) is 0 Å². The van der Waals surface area contributed by atoms with Gasteiger partial charge in [-0.15, -0.1) is 0 Å². The Kier molecular flexibility index (Phi) is 4.70. The molecule has 6 heteroatoms. The zero-order valence-electron chi connectivity index (χ0n) is 16.2. The van der Waals surface area contributed by atoms with Crippen molar-refractivity contribution in [3.63, 3.8) is 0 Å². The van der Waals surface area contributed by atoms with Crippen LogP contribution in [-0.2, 0) is 16.0 Å². The van der Waals surface area contributed by atoms with Crippen LogP contribution in [0.1, 0.15) is 29.7 Å². The lowest BCUT2D eigenvalue weighted by Crippen LogP contribution is -2.33. The molecule has 148 valence electrons. The second-order valence-electron chi connectivity index (χ2n) is 7.34. The van der Waals surface area contributed by atoms with Gasteiger partial charge < -0.3 is 15.0 Å². The second-order valence-corrected chi connectivity index (χ2v) is 7.34. The number of nitrogens with one attached hydrogen (secondary N) is 1. The molecule has 0 spiro atoms. The first-order valence-corrected chi connectivity index (χ1v) is 9.44. The number of fused-ring (bicyclic) bond motifs is 1. The fourth-order valence-electron chi connectivity index (χ4n) is 3.95. The highest BCUT2D eigenvalue weighted by Gasteiger charge is 2.42. The summed E-state index contributed by atoms with van der Waals surface area (Å²) < 4.78 is 14.2. The number of benzene rings is 2. The molecule has 1 aliphatic rings. The summed E-state index contributed by atoms with van der Waals surface area (Å²) >= 11 is 0. The minimum absolute atomic E-state index is 0.0113. The smallest absolute Gasteiger partial charge is 0.290 e. The molecule has 2 N–H and O–H groups in total. The average molecular weight is 392 g/mol. The topological polar surface area (TPSA) is 73.4 Å². The predicted octanol–water partition coefficient (Wildman–Crippen LogP) is 4.14. The number of hydrogen-bond acceptors (Lipinski definition) is 3. The normalized spacial score (nSPS) is 16.9. The lowest BCUT2D eigenvalue weighted by Gasteiger charge is -2.26. The molecule has 1 aromatic heterocycles. The Morgan fingerprint density at radius 2 is 2.00 bits per heavy atom. The molecule has 0 aliphatic carbocycles. The molecule has 2 heterocycles. The first-order valence-electron chi connectivity index (χ1n) is 9.44. The van der Waals surface area contributed by atoms with Crippen LogP contribution in [-0.4, -0.2) is 33.2 Å². The summed E-state index contributed by atoms with van der Waals surface area (Å²) in [6.07, 6.45) is 2.42. The minimum Gasteiger partial charge on any atom is -0.503 e. The number of halogens is 1. The Hall–Kier alpha value is -3.41. The number of carbonyl (C=O) groups excluding carboxylic acids is 2. The zero-order chi connectivity index (χ0) is 20.7. The van der Waals surface area contributed by atoms with Crippen molar-refractivity contribution in [3.05, 3.63) is 82.5 Å². The quantitative estimate of drug-likeness (QED) is 0.685. The molecule has 0 saturated heterocycles. The van der Waals surface area contributed by atoms with Gasteiger partial charge in [0.1, 0.15) is 5.82 Å². The van der Waals surface area contributed by atoms with Crippen LogP contribution in [0.25, 0.3) is 10.9 Å². The number of ketones is 1. The van der Waals surface area contributed by atoms with Crippen molar-refractivity contribution in [1.82, 2.24) is 9.88 Å². The van der Waals surface area contributed by atoms with E-state index in [-0.39, 0.29) is 12.1 Å². The summed E-state index contributed by atoms with van der Waals surface area (Å²) in [5.74, 6) is -1.99. The summed E-state index contributed by atoms with van der Waals surface area (Å²) in [4.78, 5) is 29.6. The van der Waals surface area contributed by atoms with Crippen molar-refractivity contribution in [2.75, 3.05) is 6.54 Å². The number of aromatic amines is 1. The van der Waals surface area contributed by atoms with Gasteiger partial charge >= 0.3 is 0 Å². The molecule has 3 aromatic rings. The van der Waals surface area contributed by atoms with Crippen LogP contribution in [0, 0.1) is 12.7 Å². The van der Waals surface area contributed by atoms with Crippen LogP contribution in [0.15, 0.2) is 60.0 Å². The Morgan fingerprint density at radius 1 is 1.24 bits per heavy atom. The van der Waals surface area contributed by atoms with Gasteiger partial charge in [0.2, 0.25) is 0 Å². The molecular formula is C23H21FN2O3. The number of amides is 1. The lowest BCUT2D eigenvalue weighted by molar-refractivity contribution is -0.129. The summed E-state index contributed by atoms with van der Waals surface area (Å²) in [7, 11) is 0. The number of para-hydroxylation sites is 1. The van der Waals surface area contributed by atoms with Gasteiger partial charge in [0.05, 0.1) is 11.6 Å². The third kappa shape index (κ3) is 3.20. The Labute approximate surface area is 167 Å². The van der Waals surface area contributed by atoms with Crippen LogP contribution in [0.5, 0.6) is 0 Å². The molecular weight excluding hydrogens is 371 g/mol. The number of carbonyl (C=O) groups is 2. The number of H-pyrrole nitrogens is 1. The number of aliphatic hydroxyl groups excluding tert-OH is 1. The van der Waals surface area contributed by atoms with E-state index in [9.17, 15) is 19.1 Å². The summed E-state index contributed by atoms with van der Waals surface area (Å²) in [6, 6.07) is 11.7. The van der Waals surface area contributed by atoms with Crippen LogP contribution in [0.2, 0.25) is 0 Å². The maximum atomic E-state index is 14.2. The molecule has 2 aromatic carbocycles. The van der Waals surface area contributed by atoms with Crippen molar-refractivity contribution >= 4 is 22.6 Å². The summed E-state index contributed by atoms with van der Waals surface area (Å²) in [6.45, 7) is 3.23. The molecule has 0 bridgehead atoms. The molecule has 0 fully saturated rings. The van der Waals surface area contributed by atoms with E-state index in [4.69, 9.17) is 0 Å². The van der Waals surface area contributed by atoms with Gasteiger partial charge in [-0.25, -0.2) is 4.39 Å². The van der Waals surface area contributed by atoms with Gasteiger partial charge in [-0.05, 0) is 49.1 Å². The van der Waals surface area contributed by atoms with E-state index in [0.29, 0.717) is 17.5 Å². The van der Waals surface area contributed by atoms with Crippen molar-refractivity contribution in [1.29, 1.82) is 0 Å². The van der Waals surface area contributed by atoms with Gasteiger partial charge in [0.15, 0.2) is 11.5 Å². The monoisotopic (exact) mass is 392 g/mol. The van der Waals surface area contributed by atoms with Gasteiger partial charge in [-0.3, -0.25) is 9.59 Å². The Bertz CT molecular complexity index is 1160. The van der Waals surface area contributed by atoms with E-state index >= 15 is 0 Å². The van der Waals surface area contributed by atoms with E-state index in [0.717, 1.165) is 16.5 Å². The molecule has 1 amide bonds. The van der Waals surface area contributed by atoms with E-state index in [2.05, 4.69) is 4.98 Å². The maximum absolute atomic E-state index is 14.2. The number of hydrogen-bond donors (Lipinski definition) is 2. The first-order chi connectivity index (χ1) is 13.9. The number of aliphatic hydroxyl groups is 1. The van der Waals surface area contributed by atoms with E-state index in [1.54, 1.807) is 19.1 Å². The highest BCUT2D eigenvalue weighted by atomic mass is 19.1. The van der Waals surface area contributed by atoms with Crippen LogP contribution in [0.4, 0.5) is 4.39 Å². The molecule has 0 radical (unpaired) electrons. The number of rotatable bonds is 5. The zero-order valence-corrected chi connectivity index (χ0v) is 16.2. The Morgan fingerprint density at radius 3 is 2.72 bits per heavy atom.